The van der Waals surface area contributed by atoms with Crippen molar-refractivity contribution in [1.82, 2.24) is 4.98 Å². The van der Waals surface area contributed by atoms with E-state index in [0.717, 1.165) is 5.56 Å². The van der Waals surface area contributed by atoms with Gasteiger partial charge in [-0.2, -0.15) is 0 Å². The van der Waals surface area contributed by atoms with Crippen LogP contribution in [-0.2, 0) is 9.84 Å². The van der Waals surface area contributed by atoms with Crippen molar-refractivity contribution in [2.45, 2.75) is 17.9 Å². The van der Waals surface area contributed by atoms with E-state index in [9.17, 15) is 8.42 Å². The third-order valence-corrected chi connectivity index (χ3v) is 4.23. The van der Waals surface area contributed by atoms with E-state index in [1.165, 1.54) is 6.26 Å². The number of pyridine rings is 1. The minimum absolute atomic E-state index is 0.00502. The fourth-order valence-corrected chi connectivity index (χ4v) is 2.59. The van der Waals surface area contributed by atoms with Crippen molar-refractivity contribution in [2.75, 3.05) is 11.6 Å². The number of nitrogens with zero attached hydrogens (tertiary/aromatic N) is 1. The molecule has 20 heavy (non-hydrogen) atoms. The van der Waals surface area contributed by atoms with Crippen LogP contribution in [0.3, 0.4) is 0 Å². The van der Waals surface area contributed by atoms with Gasteiger partial charge in [0.05, 0.1) is 4.90 Å². The van der Waals surface area contributed by atoms with Crippen molar-refractivity contribution in [3.05, 3.63) is 53.2 Å². The molecule has 0 aliphatic carbocycles. The molecule has 4 nitrogen and oxygen atoms in total. The maximum atomic E-state index is 11.4. The molecular weight excluding hydrogens is 296 g/mol. The van der Waals surface area contributed by atoms with Gasteiger partial charge in [0.2, 0.25) is 0 Å². The van der Waals surface area contributed by atoms with Gasteiger partial charge < -0.3 is 5.32 Å². The van der Waals surface area contributed by atoms with E-state index in [4.69, 9.17) is 11.6 Å². The lowest BCUT2D eigenvalue weighted by atomic mass is 10.1. The molecule has 0 radical (unpaired) electrons. The number of nitrogens with one attached hydrogen (secondary N) is 1. The van der Waals surface area contributed by atoms with Gasteiger partial charge in [-0.15, -0.1) is 0 Å². The summed E-state index contributed by atoms with van der Waals surface area (Å²) in [4.78, 5) is 4.47. The zero-order valence-electron chi connectivity index (χ0n) is 11.2. The van der Waals surface area contributed by atoms with Gasteiger partial charge in [-0.1, -0.05) is 29.8 Å². The molecule has 0 spiro atoms. The summed E-state index contributed by atoms with van der Waals surface area (Å²) in [7, 11) is -3.16. The molecular formula is C14H15ClN2O2S. The van der Waals surface area contributed by atoms with Crippen molar-refractivity contribution >= 4 is 27.3 Å². The molecule has 0 bridgehead atoms. The highest BCUT2D eigenvalue weighted by atomic mass is 35.5. The largest absolute Gasteiger partial charge is 0.364 e. The lowest BCUT2D eigenvalue weighted by Crippen LogP contribution is -2.08. The van der Waals surface area contributed by atoms with E-state index in [-0.39, 0.29) is 6.04 Å². The standard InChI is InChI=1S/C14H15ClN2O2S/c1-10(16-14-5-3-4-13(15)17-14)11-6-8-12(9-7-11)20(2,18)19/h3-10H,1-2H3,(H,16,17). The van der Waals surface area contributed by atoms with Gasteiger partial charge in [0.1, 0.15) is 11.0 Å². The molecule has 0 aliphatic heterocycles. The molecule has 1 aromatic heterocycles. The van der Waals surface area contributed by atoms with Crippen molar-refractivity contribution < 1.29 is 8.42 Å². The molecule has 2 rings (SSSR count). The molecule has 0 amide bonds. The van der Waals surface area contributed by atoms with Crippen molar-refractivity contribution in [2.24, 2.45) is 0 Å². The molecule has 1 N–H and O–H groups in total. The van der Waals surface area contributed by atoms with Crippen LogP contribution in [0.1, 0.15) is 18.5 Å². The molecule has 0 aliphatic rings. The predicted molar refractivity (Wildman–Crippen MR) is 80.8 cm³/mol. The average molecular weight is 311 g/mol. The lowest BCUT2D eigenvalue weighted by Gasteiger charge is -2.15. The molecule has 1 heterocycles. The zero-order valence-corrected chi connectivity index (χ0v) is 12.7. The fourth-order valence-electron chi connectivity index (χ4n) is 1.80. The second-order valence-corrected chi connectivity index (χ2v) is 6.96. The van der Waals surface area contributed by atoms with Crippen molar-refractivity contribution in [1.29, 1.82) is 0 Å². The molecule has 106 valence electrons. The molecule has 2 aromatic rings. The van der Waals surface area contributed by atoms with Gasteiger partial charge in [0.15, 0.2) is 9.84 Å². The van der Waals surface area contributed by atoms with Gasteiger partial charge in [-0.3, -0.25) is 0 Å². The number of hydrogen-bond donors (Lipinski definition) is 1. The summed E-state index contributed by atoms with van der Waals surface area (Å²) in [5.74, 6) is 0.678. The van der Waals surface area contributed by atoms with Gasteiger partial charge in [-0.05, 0) is 36.8 Å². The van der Waals surface area contributed by atoms with E-state index >= 15 is 0 Å². The number of anilines is 1. The number of sulfone groups is 1. The molecule has 0 saturated heterocycles. The minimum atomic E-state index is -3.16. The summed E-state index contributed by atoms with van der Waals surface area (Å²) in [6.45, 7) is 1.97. The number of halogens is 1. The normalized spacial score (nSPS) is 12.9. The predicted octanol–water partition coefficient (Wildman–Crippen LogP) is 3.31. The SMILES string of the molecule is CC(Nc1cccc(Cl)n1)c1ccc(S(C)(=O)=O)cc1. The van der Waals surface area contributed by atoms with Crippen LogP contribution in [0.25, 0.3) is 0 Å². The molecule has 1 aromatic carbocycles. The summed E-state index contributed by atoms with van der Waals surface area (Å²) >= 11 is 5.83. The fraction of sp³-hybridized carbons (Fsp3) is 0.214. The topological polar surface area (TPSA) is 59.1 Å². The number of aromatic nitrogens is 1. The van der Waals surface area contributed by atoms with E-state index < -0.39 is 9.84 Å². The minimum Gasteiger partial charge on any atom is -0.364 e. The highest BCUT2D eigenvalue weighted by Gasteiger charge is 2.10. The van der Waals surface area contributed by atoms with Crippen LogP contribution in [0.4, 0.5) is 5.82 Å². The third kappa shape index (κ3) is 3.71. The first-order chi connectivity index (χ1) is 9.36. The highest BCUT2D eigenvalue weighted by molar-refractivity contribution is 7.90. The summed E-state index contributed by atoms with van der Waals surface area (Å²) in [5, 5.41) is 3.64. The Hall–Kier alpha value is -1.59. The van der Waals surface area contributed by atoms with E-state index in [1.807, 2.05) is 19.1 Å². The summed E-state index contributed by atoms with van der Waals surface area (Å²) in [6.07, 6.45) is 1.19. The van der Waals surface area contributed by atoms with Gasteiger partial charge in [-0.25, -0.2) is 13.4 Å². The van der Waals surface area contributed by atoms with Crippen LogP contribution in [-0.4, -0.2) is 19.7 Å². The maximum absolute atomic E-state index is 11.4. The Morgan fingerprint density at radius 3 is 2.35 bits per heavy atom. The second kappa shape index (κ2) is 5.81. The molecule has 1 atom stereocenters. The summed E-state index contributed by atoms with van der Waals surface area (Å²) < 4.78 is 22.8. The van der Waals surface area contributed by atoms with E-state index in [0.29, 0.717) is 15.9 Å². The van der Waals surface area contributed by atoms with Crippen LogP contribution in [0.15, 0.2) is 47.4 Å². The Balaban J connectivity index is 2.15. The number of rotatable bonds is 4. The van der Waals surface area contributed by atoms with Crippen molar-refractivity contribution in [3.63, 3.8) is 0 Å². The van der Waals surface area contributed by atoms with Crippen LogP contribution in [0.2, 0.25) is 5.15 Å². The quantitative estimate of drug-likeness (QED) is 0.880. The smallest absolute Gasteiger partial charge is 0.175 e. The Labute approximate surface area is 123 Å². The summed E-state index contributed by atoms with van der Waals surface area (Å²) in [5.41, 5.74) is 0.971. The molecule has 1 unspecified atom stereocenters. The third-order valence-electron chi connectivity index (χ3n) is 2.89. The zero-order chi connectivity index (χ0) is 14.8. The first-order valence-corrected chi connectivity index (χ1v) is 8.32. The van der Waals surface area contributed by atoms with Crippen LogP contribution >= 0.6 is 11.6 Å². The van der Waals surface area contributed by atoms with Crippen LogP contribution in [0, 0.1) is 0 Å². The number of benzene rings is 1. The Morgan fingerprint density at radius 2 is 1.80 bits per heavy atom. The van der Waals surface area contributed by atoms with E-state index in [1.54, 1.807) is 30.3 Å². The van der Waals surface area contributed by atoms with Gasteiger partial charge in [0.25, 0.3) is 0 Å². The molecule has 6 heteroatoms. The highest BCUT2D eigenvalue weighted by Crippen LogP contribution is 2.20. The van der Waals surface area contributed by atoms with Crippen molar-refractivity contribution in [3.8, 4) is 0 Å². The van der Waals surface area contributed by atoms with Gasteiger partial charge in [0, 0.05) is 12.3 Å². The van der Waals surface area contributed by atoms with Crippen LogP contribution in [0.5, 0.6) is 0 Å². The van der Waals surface area contributed by atoms with Crippen LogP contribution < -0.4 is 5.32 Å². The van der Waals surface area contributed by atoms with E-state index in [2.05, 4.69) is 10.3 Å². The first-order valence-electron chi connectivity index (χ1n) is 6.05. The lowest BCUT2D eigenvalue weighted by molar-refractivity contribution is 0.602. The molecule has 0 saturated carbocycles. The van der Waals surface area contributed by atoms with Gasteiger partial charge >= 0.3 is 0 Å². The summed E-state index contributed by atoms with van der Waals surface area (Å²) in [6, 6.07) is 12.1. The Kier molecular flexibility index (Phi) is 4.30. The monoisotopic (exact) mass is 310 g/mol. The first kappa shape index (κ1) is 14.8. The maximum Gasteiger partial charge on any atom is 0.175 e. The average Bonchev–Trinajstić information content (AvgIpc) is 2.38. The number of hydrogen-bond acceptors (Lipinski definition) is 4. The second-order valence-electron chi connectivity index (χ2n) is 4.55. The Bertz CT molecular complexity index is 699. The Morgan fingerprint density at radius 1 is 1.15 bits per heavy atom. The molecule has 0 fully saturated rings.